The maximum Gasteiger partial charge on any atom is 0.0599 e. The van der Waals surface area contributed by atoms with Crippen LogP contribution in [0.2, 0.25) is 0 Å². The van der Waals surface area contributed by atoms with Crippen LogP contribution < -0.4 is 4.90 Å². The number of piperidine rings is 1. The molecule has 1 aromatic rings. The van der Waals surface area contributed by atoms with Gasteiger partial charge in [-0.15, -0.1) is 11.6 Å². The Hall–Kier alpha value is -0.760. The van der Waals surface area contributed by atoms with Gasteiger partial charge >= 0.3 is 0 Å². The van der Waals surface area contributed by atoms with Gasteiger partial charge in [-0.3, -0.25) is 4.98 Å². The third-order valence-electron chi connectivity index (χ3n) is 3.14. The lowest BCUT2D eigenvalue weighted by Gasteiger charge is -2.36. The van der Waals surface area contributed by atoms with Crippen LogP contribution in [0.5, 0.6) is 0 Å². The Balaban J connectivity index is 2.26. The summed E-state index contributed by atoms with van der Waals surface area (Å²) >= 11 is 5.94. The number of aromatic nitrogens is 1. The average Bonchev–Trinajstić information content (AvgIpc) is 2.30. The SMILES string of the molecule is CC1CCCCN1c1cnccc1CCl. The maximum atomic E-state index is 5.94. The Morgan fingerprint density at radius 2 is 2.40 bits per heavy atom. The summed E-state index contributed by atoms with van der Waals surface area (Å²) in [5, 5.41) is 0. The molecule has 82 valence electrons. The zero-order chi connectivity index (χ0) is 10.7. The fraction of sp³-hybridized carbons (Fsp3) is 0.583. The molecule has 1 fully saturated rings. The molecular weight excluding hydrogens is 208 g/mol. The van der Waals surface area contributed by atoms with E-state index in [9.17, 15) is 0 Å². The highest BCUT2D eigenvalue weighted by molar-refractivity contribution is 6.17. The van der Waals surface area contributed by atoms with E-state index in [1.807, 2.05) is 18.5 Å². The van der Waals surface area contributed by atoms with Gasteiger partial charge < -0.3 is 4.90 Å². The second-order valence-corrected chi connectivity index (χ2v) is 4.44. The summed E-state index contributed by atoms with van der Waals surface area (Å²) in [4.78, 5) is 6.64. The molecule has 2 rings (SSSR count). The van der Waals surface area contributed by atoms with E-state index in [1.54, 1.807) is 0 Å². The number of hydrogen-bond donors (Lipinski definition) is 0. The first-order valence-corrected chi connectivity index (χ1v) is 6.12. The lowest BCUT2D eigenvalue weighted by Crippen LogP contribution is -2.38. The van der Waals surface area contributed by atoms with Gasteiger partial charge in [0.05, 0.1) is 11.9 Å². The molecule has 2 heterocycles. The first-order valence-electron chi connectivity index (χ1n) is 5.58. The Bertz CT molecular complexity index is 327. The second kappa shape index (κ2) is 4.84. The third-order valence-corrected chi connectivity index (χ3v) is 3.43. The summed E-state index contributed by atoms with van der Waals surface area (Å²) in [5.74, 6) is 0.571. The summed E-state index contributed by atoms with van der Waals surface area (Å²) < 4.78 is 0. The molecule has 0 spiro atoms. The summed E-state index contributed by atoms with van der Waals surface area (Å²) in [7, 11) is 0. The molecular formula is C12H17ClN2. The number of rotatable bonds is 2. The molecule has 0 aliphatic carbocycles. The molecule has 3 heteroatoms. The fourth-order valence-corrected chi connectivity index (χ4v) is 2.47. The van der Waals surface area contributed by atoms with Crippen molar-refractivity contribution in [1.82, 2.24) is 4.98 Å². The van der Waals surface area contributed by atoms with E-state index < -0.39 is 0 Å². The van der Waals surface area contributed by atoms with Gasteiger partial charge in [-0.05, 0) is 37.8 Å². The third kappa shape index (κ3) is 2.25. The predicted octanol–water partition coefficient (Wildman–Crippen LogP) is 3.20. The molecule has 2 nitrogen and oxygen atoms in total. The first-order chi connectivity index (χ1) is 7.33. The summed E-state index contributed by atoms with van der Waals surface area (Å²) in [6, 6.07) is 2.63. The van der Waals surface area contributed by atoms with Crippen molar-refractivity contribution in [1.29, 1.82) is 0 Å². The molecule has 1 aromatic heterocycles. The quantitative estimate of drug-likeness (QED) is 0.718. The van der Waals surface area contributed by atoms with Gasteiger partial charge in [0, 0.05) is 24.7 Å². The fourth-order valence-electron chi connectivity index (χ4n) is 2.24. The Morgan fingerprint density at radius 3 is 3.13 bits per heavy atom. The van der Waals surface area contributed by atoms with E-state index in [4.69, 9.17) is 11.6 Å². The van der Waals surface area contributed by atoms with Crippen LogP contribution >= 0.6 is 11.6 Å². The number of halogens is 1. The molecule has 1 aliphatic heterocycles. The molecule has 0 amide bonds. The minimum atomic E-state index is 0.571. The first kappa shape index (κ1) is 10.7. The Labute approximate surface area is 96.3 Å². The molecule has 1 saturated heterocycles. The van der Waals surface area contributed by atoms with Crippen molar-refractivity contribution in [2.24, 2.45) is 0 Å². The monoisotopic (exact) mass is 224 g/mol. The summed E-state index contributed by atoms with van der Waals surface area (Å²) in [5.41, 5.74) is 2.42. The smallest absolute Gasteiger partial charge is 0.0599 e. The number of anilines is 1. The van der Waals surface area contributed by atoms with Crippen LogP contribution in [0.15, 0.2) is 18.5 Å². The molecule has 0 N–H and O–H groups in total. The van der Waals surface area contributed by atoms with E-state index in [-0.39, 0.29) is 0 Å². The van der Waals surface area contributed by atoms with Crippen LogP contribution in [0.4, 0.5) is 5.69 Å². The van der Waals surface area contributed by atoms with Crippen molar-refractivity contribution in [3.63, 3.8) is 0 Å². The van der Waals surface area contributed by atoms with E-state index >= 15 is 0 Å². The molecule has 1 unspecified atom stereocenters. The van der Waals surface area contributed by atoms with Crippen LogP contribution in [0.25, 0.3) is 0 Å². The van der Waals surface area contributed by atoms with Crippen LogP contribution in [-0.4, -0.2) is 17.6 Å². The highest BCUT2D eigenvalue weighted by Crippen LogP contribution is 2.27. The lowest BCUT2D eigenvalue weighted by atomic mass is 10.0. The number of hydrogen-bond acceptors (Lipinski definition) is 2. The largest absolute Gasteiger partial charge is 0.367 e. The molecule has 1 atom stereocenters. The topological polar surface area (TPSA) is 16.1 Å². The highest BCUT2D eigenvalue weighted by atomic mass is 35.5. The second-order valence-electron chi connectivity index (χ2n) is 4.18. The highest BCUT2D eigenvalue weighted by Gasteiger charge is 2.20. The maximum absolute atomic E-state index is 5.94. The minimum Gasteiger partial charge on any atom is -0.367 e. The van der Waals surface area contributed by atoms with E-state index in [1.165, 1.54) is 30.5 Å². The van der Waals surface area contributed by atoms with E-state index in [0.717, 1.165) is 6.54 Å². The van der Waals surface area contributed by atoms with Gasteiger partial charge in [0.1, 0.15) is 0 Å². The molecule has 0 radical (unpaired) electrons. The van der Waals surface area contributed by atoms with Crippen molar-refractivity contribution >= 4 is 17.3 Å². The average molecular weight is 225 g/mol. The summed E-state index contributed by atoms with van der Waals surface area (Å²) in [6.45, 7) is 3.42. The van der Waals surface area contributed by atoms with E-state index in [0.29, 0.717) is 11.9 Å². The van der Waals surface area contributed by atoms with Crippen molar-refractivity contribution in [3.05, 3.63) is 24.0 Å². The Morgan fingerprint density at radius 1 is 1.53 bits per heavy atom. The lowest BCUT2D eigenvalue weighted by molar-refractivity contribution is 0.483. The predicted molar refractivity (Wildman–Crippen MR) is 64.5 cm³/mol. The van der Waals surface area contributed by atoms with Crippen molar-refractivity contribution < 1.29 is 0 Å². The van der Waals surface area contributed by atoms with Gasteiger partial charge in [-0.1, -0.05) is 0 Å². The van der Waals surface area contributed by atoms with Gasteiger partial charge in [-0.2, -0.15) is 0 Å². The zero-order valence-electron chi connectivity index (χ0n) is 9.12. The molecule has 15 heavy (non-hydrogen) atoms. The van der Waals surface area contributed by atoms with Crippen molar-refractivity contribution in [2.45, 2.75) is 38.1 Å². The van der Waals surface area contributed by atoms with Crippen LogP contribution in [0.3, 0.4) is 0 Å². The van der Waals surface area contributed by atoms with Crippen LogP contribution in [0.1, 0.15) is 31.7 Å². The van der Waals surface area contributed by atoms with Crippen molar-refractivity contribution in [3.8, 4) is 0 Å². The molecule has 0 aromatic carbocycles. The Kier molecular flexibility index (Phi) is 3.47. The molecule has 1 aliphatic rings. The minimum absolute atomic E-state index is 0.571. The number of alkyl halides is 1. The normalized spacial score (nSPS) is 21.7. The van der Waals surface area contributed by atoms with Crippen LogP contribution in [-0.2, 0) is 5.88 Å². The van der Waals surface area contributed by atoms with Gasteiger partial charge in [0.15, 0.2) is 0 Å². The standard InChI is InChI=1S/C12H17ClN2/c1-10-4-2-3-7-15(10)12-9-14-6-5-11(12)8-13/h5-6,9-10H,2-4,7-8H2,1H3. The van der Waals surface area contributed by atoms with Crippen LogP contribution in [0, 0.1) is 0 Å². The van der Waals surface area contributed by atoms with Gasteiger partial charge in [0.25, 0.3) is 0 Å². The van der Waals surface area contributed by atoms with Crippen molar-refractivity contribution in [2.75, 3.05) is 11.4 Å². The van der Waals surface area contributed by atoms with Gasteiger partial charge in [0.2, 0.25) is 0 Å². The van der Waals surface area contributed by atoms with Gasteiger partial charge in [-0.25, -0.2) is 0 Å². The zero-order valence-corrected chi connectivity index (χ0v) is 9.87. The number of pyridine rings is 1. The van der Waals surface area contributed by atoms with E-state index in [2.05, 4.69) is 16.8 Å². The molecule has 0 bridgehead atoms. The number of nitrogens with zero attached hydrogens (tertiary/aromatic N) is 2. The summed E-state index contributed by atoms with van der Waals surface area (Å²) in [6.07, 6.45) is 7.65. The molecule has 0 saturated carbocycles.